The predicted molar refractivity (Wildman–Crippen MR) is 55.8 cm³/mol. The van der Waals surface area contributed by atoms with Crippen LogP contribution in [-0.4, -0.2) is 11.9 Å². The van der Waals surface area contributed by atoms with E-state index in [2.05, 4.69) is 18.8 Å². The fraction of sp³-hybridized carbons (Fsp3) is 0.909. The highest BCUT2D eigenvalue weighted by atomic mass is 14.9. The molecule has 0 radical (unpaired) electrons. The summed E-state index contributed by atoms with van der Waals surface area (Å²) in [5, 5.41) is 0. The second-order valence-corrected chi connectivity index (χ2v) is 5.22. The Balaban J connectivity index is 2.03. The fourth-order valence-electron chi connectivity index (χ4n) is 2.21. The van der Waals surface area contributed by atoms with Gasteiger partial charge in [0, 0.05) is 5.92 Å². The number of nitrogens with two attached hydrogens (primary N) is 1. The molecule has 74 valence electrons. The van der Waals surface area contributed by atoms with Crippen LogP contribution < -0.4 is 5.73 Å². The topological polar surface area (TPSA) is 38.4 Å². The lowest BCUT2D eigenvalue weighted by atomic mass is 9.88. The van der Waals surface area contributed by atoms with Gasteiger partial charge in [-0.3, -0.25) is 4.99 Å². The maximum absolute atomic E-state index is 5.93. The van der Waals surface area contributed by atoms with E-state index in [1.165, 1.54) is 32.1 Å². The highest BCUT2D eigenvalue weighted by molar-refractivity contribution is 5.85. The molecule has 2 heteroatoms. The average molecular weight is 180 g/mol. The van der Waals surface area contributed by atoms with Crippen molar-refractivity contribution in [2.45, 2.75) is 52.0 Å². The zero-order valence-electron chi connectivity index (χ0n) is 8.71. The van der Waals surface area contributed by atoms with E-state index in [4.69, 9.17) is 5.73 Å². The molecule has 2 rings (SSSR count). The molecule has 0 aromatic carbocycles. The maximum atomic E-state index is 5.93. The number of nitrogens with zero attached hydrogens (tertiary/aromatic N) is 1. The third-order valence-corrected chi connectivity index (χ3v) is 3.50. The van der Waals surface area contributed by atoms with Crippen molar-refractivity contribution in [2.24, 2.45) is 22.1 Å². The minimum Gasteiger partial charge on any atom is -0.387 e. The van der Waals surface area contributed by atoms with E-state index in [0.29, 0.717) is 17.4 Å². The van der Waals surface area contributed by atoms with Crippen LogP contribution in [0, 0.1) is 11.3 Å². The number of amidine groups is 1. The highest BCUT2D eigenvalue weighted by Crippen LogP contribution is 2.40. The molecular formula is C11H20N2. The first-order chi connectivity index (χ1) is 6.09. The molecule has 2 saturated carbocycles. The van der Waals surface area contributed by atoms with Crippen LogP contribution in [0.3, 0.4) is 0 Å². The van der Waals surface area contributed by atoms with Gasteiger partial charge >= 0.3 is 0 Å². The SMILES string of the molecule is CC1(C)CCCC1N=C(N)C1CC1. The molecule has 13 heavy (non-hydrogen) atoms. The summed E-state index contributed by atoms with van der Waals surface area (Å²) in [5.74, 6) is 1.57. The molecule has 2 nitrogen and oxygen atoms in total. The van der Waals surface area contributed by atoms with Gasteiger partial charge in [-0.25, -0.2) is 0 Å². The summed E-state index contributed by atoms with van der Waals surface area (Å²) in [6, 6.07) is 0.494. The first-order valence-electron chi connectivity index (χ1n) is 5.43. The third-order valence-electron chi connectivity index (χ3n) is 3.50. The lowest BCUT2D eigenvalue weighted by Gasteiger charge is -2.23. The standard InChI is InChI=1S/C11H20N2/c1-11(2)7-3-4-9(11)13-10(12)8-5-6-8/h8-9H,3-7H2,1-2H3,(H2,12,13). The fourth-order valence-corrected chi connectivity index (χ4v) is 2.21. The van der Waals surface area contributed by atoms with Gasteiger partial charge in [-0.1, -0.05) is 20.3 Å². The van der Waals surface area contributed by atoms with Crippen molar-refractivity contribution < 1.29 is 0 Å². The molecule has 0 aromatic heterocycles. The van der Waals surface area contributed by atoms with Crippen LogP contribution in [0.4, 0.5) is 0 Å². The van der Waals surface area contributed by atoms with Gasteiger partial charge in [0.15, 0.2) is 0 Å². The second-order valence-electron chi connectivity index (χ2n) is 5.22. The van der Waals surface area contributed by atoms with Crippen molar-refractivity contribution in [3.8, 4) is 0 Å². The molecule has 2 aliphatic rings. The van der Waals surface area contributed by atoms with Gasteiger partial charge in [0.05, 0.1) is 11.9 Å². The van der Waals surface area contributed by atoms with Crippen molar-refractivity contribution in [1.82, 2.24) is 0 Å². The summed E-state index contributed by atoms with van der Waals surface area (Å²) in [7, 11) is 0. The molecule has 0 bridgehead atoms. The molecule has 1 atom stereocenters. The summed E-state index contributed by atoms with van der Waals surface area (Å²) in [6.45, 7) is 4.63. The lowest BCUT2D eigenvalue weighted by Crippen LogP contribution is -2.25. The predicted octanol–water partition coefficient (Wildman–Crippen LogP) is 2.33. The second kappa shape index (κ2) is 3.00. The first kappa shape index (κ1) is 9.04. The lowest BCUT2D eigenvalue weighted by molar-refractivity contribution is 0.334. The van der Waals surface area contributed by atoms with Crippen LogP contribution in [-0.2, 0) is 0 Å². The highest BCUT2D eigenvalue weighted by Gasteiger charge is 2.35. The summed E-state index contributed by atoms with van der Waals surface area (Å²) in [5.41, 5.74) is 6.32. The third kappa shape index (κ3) is 1.87. The normalized spacial score (nSPS) is 33.7. The Labute approximate surface area is 80.6 Å². The van der Waals surface area contributed by atoms with E-state index in [1.54, 1.807) is 0 Å². The Morgan fingerprint density at radius 3 is 2.46 bits per heavy atom. The first-order valence-corrected chi connectivity index (χ1v) is 5.43. The number of aliphatic imine (C=N–C) groups is 1. The van der Waals surface area contributed by atoms with Crippen molar-refractivity contribution in [3.63, 3.8) is 0 Å². The van der Waals surface area contributed by atoms with Crippen LogP contribution in [0.5, 0.6) is 0 Å². The molecule has 2 N–H and O–H groups in total. The molecule has 0 heterocycles. The Kier molecular flexibility index (Phi) is 2.09. The van der Waals surface area contributed by atoms with Crippen LogP contribution in [0.25, 0.3) is 0 Å². The molecule has 0 aliphatic heterocycles. The Hall–Kier alpha value is -0.530. The van der Waals surface area contributed by atoms with Crippen molar-refractivity contribution in [3.05, 3.63) is 0 Å². The van der Waals surface area contributed by atoms with Gasteiger partial charge in [-0.15, -0.1) is 0 Å². The Bertz CT molecular complexity index is 226. The Morgan fingerprint density at radius 2 is 2.00 bits per heavy atom. The van der Waals surface area contributed by atoms with Crippen molar-refractivity contribution in [2.75, 3.05) is 0 Å². The van der Waals surface area contributed by atoms with Gasteiger partial charge in [0.25, 0.3) is 0 Å². The van der Waals surface area contributed by atoms with E-state index < -0.39 is 0 Å². The van der Waals surface area contributed by atoms with E-state index >= 15 is 0 Å². The van der Waals surface area contributed by atoms with Gasteiger partial charge in [-0.05, 0) is 31.1 Å². The van der Waals surface area contributed by atoms with Gasteiger partial charge in [-0.2, -0.15) is 0 Å². The molecule has 2 fully saturated rings. The van der Waals surface area contributed by atoms with Crippen molar-refractivity contribution >= 4 is 5.84 Å². The molecule has 0 amide bonds. The number of hydrogen-bond acceptors (Lipinski definition) is 1. The van der Waals surface area contributed by atoms with Crippen LogP contribution in [0.1, 0.15) is 46.0 Å². The largest absolute Gasteiger partial charge is 0.387 e. The minimum atomic E-state index is 0.388. The summed E-state index contributed by atoms with van der Waals surface area (Å²) in [6.07, 6.45) is 6.39. The van der Waals surface area contributed by atoms with E-state index in [-0.39, 0.29) is 0 Å². The average Bonchev–Trinajstić information content (AvgIpc) is 2.80. The minimum absolute atomic E-state index is 0.388. The molecule has 2 aliphatic carbocycles. The zero-order chi connectivity index (χ0) is 9.47. The van der Waals surface area contributed by atoms with Crippen LogP contribution in [0.15, 0.2) is 4.99 Å². The smallest absolute Gasteiger partial charge is 0.0972 e. The number of hydrogen-bond donors (Lipinski definition) is 1. The number of rotatable bonds is 2. The quantitative estimate of drug-likeness (QED) is 0.514. The molecule has 1 unspecified atom stereocenters. The summed E-state index contributed by atoms with van der Waals surface area (Å²) in [4.78, 5) is 4.69. The summed E-state index contributed by atoms with van der Waals surface area (Å²) >= 11 is 0. The molecule has 0 saturated heterocycles. The monoisotopic (exact) mass is 180 g/mol. The van der Waals surface area contributed by atoms with E-state index in [9.17, 15) is 0 Å². The van der Waals surface area contributed by atoms with Crippen molar-refractivity contribution in [1.29, 1.82) is 0 Å². The molecule has 0 spiro atoms. The maximum Gasteiger partial charge on any atom is 0.0972 e. The van der Waals surface area contributed by atoms with Crippen LogP contribution >= 0.6 is 0 Å². The molecule has 0 aromatic rings. The summed E-state index contributed by atoms with van der Waals surface area (Å²) < 4.78 is 0. The van der Waals surface area contributed by atoms with Gasteiger partial charge < -0.3 is 5.73 Å². The van der Waals surface area contributed by atoms with Crippen LogP contribution in [0.2, 0.25) is 0 Å². The van der Waals surface area contributed by atoms with Gasteiger partial charge in [0.2, 0.25) is 0 Å². The van der Waals surface area contributed by atoms with Gasteiger partial charge in [0.1, 0.15) is 0 Å². The molecular weight excluding hydrogens is 160 g/mol. The zero-order valence-corrected chi connectivity index (χ0v) is 8.71. The van der Waals surface area contributed by atoms with E-state index in [1.807, 2.05) is 0 Å². The Morgan fingerprint density at radius 1 is 1.31 bits per heavy atom. The van der Waals surface area contributed by atoms with E-state index in [0.717, 1.165) is 5.84 Å².